The molecule has 0 saturated heterocycles. The number of hydrogen-bond donors (Lipinski definition) is 1. The summed E-state index contributed by atoms with van der Waals surface area (Å²) in [5, 5.41) is 3.49. The van der Waals surface area contributed by atoms with E-state index in [0.717, 1.165) is 30.8 Å². The van der Waals surface area contributed by atoms with Crippen LogP contribution in [0.2, 0.25) is 0 Å². The van der Waals surface area contributed by atoms with E-state index >= 15 is 0 Å². The largest absolute Gasteiger partial charge is 0.316 e. The van der Waals surface area contributed by atoms with Gasteiger partial charge in [0.25, 0.3) is 0 Å². The first-order valence-electron chi connectivity index (χ1n) is 9.01. The Morgan fingerprint density at radius 1 is 1.15 bits per heavy atom. The summed E-state index contributed by atoms with van der Waals surface area (Å²) in [6.45, 7) is 13.5. The number of rotatable bonds is 10. The number of nitrogens with one attached hydrogen (secondary N) is 1. The highest BCUT2D eigenvalue weighted by molar-refractivity contribution is 5.02. The second-order valence-electron chi connectivity index (χ2n) is 7.20. The zero-order chi connectivity index (χ0) is 14.8. The normalized spacial score (nSPS) is 23.2. The van der Waals surface area contributed by atoms with Gasteiger partial charge < -0.3 is 5.32 Å². The lowest BCUT2D eigenvalue weighted by molar-refractivity contribution is 0.275. The first-order valence-corrected chi connectivity index (χ1v) is 9.01. The molecular weight excluding hydrogens is 242 g/mol. The highest BCUT2D eigenvalue weighted by atomic mass is 14.8. The average molecular weight is 280 g/mol. The van der Waals surface area contributed by atoms with Crippen LogP contribution in [0.15, 0.2) is 12.2 Å². The van der Waals surface area contributed by atoms with E-state index in [9.17, 15) is 0 Å². The first-order chi connectivity index (χ1) is 9.63. The molecule has 0 bridgehead atoms. The van der Waals surface area contributed by atoms with Gasteiger partial charge in [0, 0.05) is 0 Å². The van der Waals surface area contributed by atoms with E-state index in [1.54, 1.807) is 0 Å². The summed E-state index contributed by atoms with van der Waals surface area (Å²) in [6, 6.07) is 0. The van der Waals surface area contributed by atoms with E-state index in [4.69, 9.17) is 0 Å². The lowest BCUT2D eigenvalue weighted by Crippen LogP contribution is -2.20. The second-order valence-corrected chi connectivity index (χ2v) is 7.20. The van der Waals surface area contributed by atoms with Gasteiger partial charge >= 0.3 is 0 Å². The minimum absolute atomic E-state index is 0.819. The van der Waals surface area contributed by atoms with Crippen molar-refractivity contribution in [2.45, 2.75) is 78.6 Å². The van der Waals surface area contributed by atoms with Gasteiger partial charge in [-0.15, -0.1) is 0 Å². The standard InChI is InChI=1S/C19H37N/c1-5-14-20-15-13-17(4)19-11-9-18(10-12-19)8-6-7-16(2)3/h16,18-20H,4-15H2,1-3H3. The van der Waals surface area contributed by atoms with Crippen molar-refractivity contribution >= 4 is 0 Å². The summed E-state index contributed by atoms with van der Waals surface area (Å²) in [6.07, 6.45) is 12.4. The number of hydrogen-bond acceptors (Lipinski definition) is 1. The molecule has 0 heterocycles. The third kappa shape index (κ3) is 7.47. The Morgan fingerprint density at radius 3 is 2.45 bits per heavy atom. The summed E-state index contributed by atoms with van der Waals surface area (Å²) >= 11 is 0. The maximum Gasteiger partial charge on any atom is -0.00116 e. The molecule has 0 radical (unpaired) electrons. The minimum Gasteiger partial charge on any atom is -0.316 e. The topological polar surface area (TPSA) is 12.0 Å². The maximum absolute atomic E-state index is 4.35. The van der Waals surface area contributed by atoms with E-state index in [1.807, 2.05) is 0 Å². The molecule has 118 valence electrons. The van der Waals surface area contributed by atoms with Crippen LogP contribution in [0.4, 0.5) is 0 Å². The molecule has 0 aliphatic heterocycles. The molecule has 1 rings (SSSR count). The van der Waals surface area contributed by atoms with Crippen LogP contribution in [0.5, 0.6) is 0 Å². The lowest BCUT2D eigenvalue weighted by Gasteiger charge is -2.30. The third-order valence-electron chi connectivity index (χ3n) is 4.87. The Hall–Kier alpha value is -0.300. The molecular formula is C19H37N. The zero-order valence-corrected chi connectivity index (χ0v) is 14.2. The molecule has 1 nitrogen and oxygen atoms in total. The van der Waals surface area contributed by atoms with Crippen molar-refractivity contribution in [1.82, 2.24) is 5.32 Å². The fourth-order valence-electron chi connectivity index (χ4n) is 3.43. The molecule has 1 saturated carbocycles. The predicted octanol–water partition coefficient (Wildman–Crippen LogP) is 5.57. The van der Waals surface area contributed by atoms with Crippen LogP contribution in [0.1, 0.15) is 78.6 Å². The fraction of sp³-hybridized carbons (Fsp3) is 0.895. The molecule has 1 heteroatoms. The van der Waals surface area contributed by atoms with Gasteiger partial charge in [0.2, 0.25) is 0 Å². The van der Waals surface area contributed by atoms with Crippen LogP contribution in [-0.2, 0) is 0 Å². The van der Waals surface area contributed by atoms with Gasteiger partial charge in [0.1, 0.15) is 0 Å². The van der Waals surface area contributed by atoms with E-state index < -0.39 is 0 Å². The smallest absolute Gasteiger partial charge is 0.00116 e. The second kappa shape index (κ2) is 10.4. The molecule has 1 aliphatic rings. The van der Waals surface area contributed by atoms with Gasteiger partial charge in [-0.25, -0.2) is 0 Å². The lowest BCUT2D eigenvalue weighted by atomic mass is 9.76. The van der Waals surface area contributed by atoms with Crippen molar-refractivity contribution in [2.24, 2.45) is 17.8 Å². The van der Waals surface area contributed by atoms with E-state index in [0.29, 0.717) is 0 Å². The van der Waals surface area contributed by atoms with Crippen molar-refractivity contribution in [3.8, 4) is 0 Å². The monoisotopic (exact) mass is 279 g/mol. The molecule has 0 amide bonds. The van der Waals surface area contributed by atoms with E-state index in [2.05, 4.69) is 32.7 Å². The van der Waals surface area contributed by atoms with Gasteiger partial charge in [0.15, 0.2) is 0 Å². The molecule has 1 fully saturated rings. The Kier molecular flexibility index (Phi) is 9.26. The van der Waals surface area contributed by atoms with Crippen LogP contribution in [0.25, 0.3) is 0 Å². The first kappa shape index (κ1) is 17.8. The van der Waals surface area contributed by atoms with Crippen LogP contribution in [0.3, 0.4) is 0 Å². The quantitative estimate of drug-likeness (QED) is 0.407. The third-order valence-corrected chi connectivity index (χ3v) is 4.87. The zero-order valence-electron chi connectivity index (χ0n) is 14.2. The molecule has 0 aromatic heterocycles. The molecule has 0 unspecified atom stereocenters. The van der Waals surface area contributed by atoms with Crippen molar-refractivity contribution in [2.75, 3.05) is 13.1 Å². The van der Waals surface area contributed by atoms with Crippen LogP contribution in [0, 0.1) is 17.8 Å². The van der Waals surface area contributed by atoms with Gasteiger partial charge in [-0.3, -0.25) is 0 Å². The molecule has 0 aromatic carbocycles. The molecule has 0 spiro atoms. The SMILES string of the molecule is C=C(CCNCCC)C1CCC(CCCC(C)C)CC1. The Labute approximate surface area is 127 Å². The van der Waals surface area contributed by atoms with Gasteiger partial charge in [-0.2, -0.15) is 0 Å². The van der Waals surface area contributed by atoms with Crippen molar-refractivity contribution < 1.29 is 0 Å². The molecule has 1 N–H and O–H groups in total. The van der Waals surface area contributed by atoms with Gasteiger partial charge in [-0.1, -0.05) is 52.2 Å². The van der Waals surface area contributed by atoms with Crippen LogP contribution in [-0.4, -0.2) is 13.1 Å². The Bertz CT molecular complexity index is 248. The predicted molar refractivity (Wildman–Crippen MR) is 91.1 cm³/mol. The van der Waals surface area contributed by atoms with E-state index in [1.165, 1.54) is 63.4 Å². The van der Waals surface area contributed by atoms with Gasteiger partial charge in [0.05, 0.1) is 0 Å². The van der Waals surface area contributed by atoms with Gasteiger partial charge in [-0.05, 0) is 69.4 Å². The molecule has 20 heavy (non-hydrogen) atoms. The summed E-state index contributed by atoms with van der Waals surface area (Å²) in [5.74, 6) is 2.71. The summed E-state index contributed by atoms with van der Waals surface area (Å²) in [4.78, 5) is 0. The summed E-state index contributed by atoms with van der Waals surface area (Å²) < 4.78 is 0. The summed E-state index contributed by atoms with van der Waals surface area (Å²) in [7, 11) is 0. The average Bonchev–Trinajstić information content (AvgIpc) is 2.44. The van der Waals surface area contributed by atoms with Crippen LogP contribution >= 0.6 is 0 Å². The van der Waals surface area contributed by atoms with Crippen LogP contribution < -0.4 is 5.32 Å². The van der Waals surface area contributed by atoms with Crippen molar-refractivity contribution in [3.05, 3.63) is 12.2 Å². The maximum atomic E-state index is 4.35. The Balaban J connectivity index is 2.10. The van der Waals surface area contributed by atoms with E-state index in [-0.39, 0.29) is 0 Å². The Morgan fingerprint density at radius 2 is 1.85 bits per heavy atom. The minimum atomic E-state index is 0.819. The van der Waals surface area contributed by atoms with Crippen molar-refractivity contribution in [3.63, 3.8) is 0 Å². The molecule has 1 aliphatic carbocycles. The van der Waals surface area contributed by atoms with Crippen molar-refractivity contribution in [1.29, 1.82) is 0 Å². The molecule has 0 atom stereocenters. The highest BCUT2D eigenvalue weighted by Gasteiger charge is 2.22. The summed E-state index contributed by atoms with van der Waals surface area (Å²) in [5.41, 5.74) is 1.51. The molecule has 0 aromatic rings. The fourth-order valence-corrected chi connectivity index (χ4v) is 3.43. The highest BCUT2D eigenvalue weighted by Crippen LogP contribution is 2.36.